The molecule has 1 amide bonds. The van der Waals surface area contributed by atoms with Gasteiger partial charge in [0.25, 0.3) is 5.91 Å². The number of allylic oxidation sites excluding steroid dienone is 1. The van der Waals surface area contributed by atoms with E-state index in [1.54, 1.807) is 23.2 Å². The number of amides is 1. The maximum absolute atomic E-state index is 13.4. The zero-order valence-electron chi connectivity index (χ0n) is 15.3. The summed E-state index contributed by atoms with van der Waals surface area (Å²) in [5.74, 6) is -0.111. The van der Waals surface area contributed by atoms with E-state index in [9.17, 15) is 4.79 Å². The van der Waals surface area contributed by atoms with E-state index in [0.29, 0.717) is 20.9 Å². The molecule has 0 radical (unpaired) electrons. The Bertz CT molecular complexity index is 1130. The summed E-state index contributed by atoms with van der Waals surface area (Å²) in [6.07, 6.45) is 1.61. The number of hydrogen-bond acceptors (Lipinski definition) is 4. The highest BCUT2D eigenvalue weighted by Crippen LogP contribution is 2.40. The molecule has 2 aromatic carbocycles. The lowest BCUT2D eigenvalue weighted by molar-refractivity contribution is -0.113. The third kappa shape index (κ3) is 4.15. The van der Waals surface area contributed by atoms with Gasteiger partial charge in [-0.2, -0.15) is 0 Å². The van der Waals surface area contributed by atoms with E-state index in [4.69, 9.17) is 11.6 Å². The number of halogens is 2. The molecule has 3 aromatic rings. The van der Waals surface area contributed by atoms with Gasteiger partial charge in [0.05, 0.1) is 10.6 Å². The Labute approximate surface area is 186 Å². The number of benzene rings is 2. The number of thioether (sulfide) groups is 1. The first-order valence-corrected chi connectivity index (χ1v) is 10.8. The second kappa shape index (κ2) is 8.53. The van der Waals surface area contributed by atoms with Gasteiger partial charge in [-0.1, -0.05) is 57.9 Å². The van der Waals surface area contributed by atoms with Crippen LogP contribution in [0.15, 0.2) is 87.3 Å². The summed E-state index contributed by atoms with van der Waals surface area (Å²) in [5, 5.41) is 0.839. The third-order valence-electron chi connectivity index (χ3n) is 4.37. The first-order chi connectivity index (χ1) is 14.0. The van der Waals surface area contributed by atoms with Gasteiger partial charge in [-0.15, -0.1) is 0 Å². The molecule has 4 rings (SSSR count). The van der Waals surface area contributed by atoms with Gasteiger partial charge >= 0.3 is 0 Å². The second-order valence-corrected chi connectivity index (χ2v) is 8.50. The Morgan fingerprint density at radius 3 is 2.48 bits per heavy atom. The molecular weight excluding hydrogens is 470 g/mol. The Kier molecular flexibility index (Phi) is 5.85. The second-order valence-electron chi connectivity index (χ2n) is 6.25. The minimum Gasteiger partial charge on any atom is -0.268 e. The molecule has 1 saturated heterocycles. The summed E-state index contributed by atoms with van der Waals surface area (Å²) < 4.78 is 0.990. The first-order valence-electron chi connectivity index (χ1n) is 8.78. The SMILES string of the molecule is C/C(=C1/SC(=Nc2cccnc2Cl)N(c2ccccc2)C1=O)c1ccc(Br)cc1. The fraction of sp³-hybridized carbons (Fsp3) is 0.0455. The lowest BCUT2D eigenvalue weighted by atomic mass is 10.1. The van der Waals surface area contributed by atoms with Gasteiger partial charge in [0.2, 0.25) is 0 Å². The van der Waals surface area contributed by atoms with Gasteiger partial charge in [-0.3, -0.25) is 9.69 Å². The fourth-order valence-corrected chi connectivity index (χ4v) is 4.36. The van der Waals surface area contributed by atoms with Gasteiger partial charge in [-0.25, -0.2) is 9.98 Å². The smallest absolute Gasteiger partial charge is 0.268 e. The van der Waals surface area contributed by atoms with Crippen LogP contribution >= 0.6 is 39.3 Å². The Morgan fingerprint density at radius 2 is 1.79 bits per heavy atom. The quantitative estimate of drug-likeness (QED) is 0.307. The number of aliphatic imine (C=N–C) groups is 1. The molecule has 0 spiro atoms. The van der Waals surface area contributed by atoms with Crippen LogP contribution in [0.4, 0.5) is 11.4 Å². The molecule has 1 aliphatic heterocycles. The van der Waals surface area contributed by atoms with Gasteiger partial charge in [-0.05, 0) is 66.2 Å². The van der Waals surface area contributed by atoms with Crippen molar-refractivity contribution in [1.82, 2.24) is 4.98 Å². The number of anilines is 1. The number of pyridine rings is 1. The number of hydrogen-bond donors (Lipinski definition) is 0. The topological polar surface area (TPSA) is 45.6 Å². The highest BCUT2D eigenvalue weighted by molar-refractivity contribution is 9.10. The van der Waals surface area contributed by atoms with E-state index in [-0.39, 0.29) is 5.91 Å². The maximum Gasteiger partial charge on any atom is 0.271 e. The van der Waals surface area contributed by atoms with E-state index >= 15 is 0 Å². The number of nitrogens with zero attached hydrogens (tertiary/aromatic N) is 3. The largest absolute Gasteiger partial charge is 0.271 e. The molecule has 0 aliphatic carbocycles. The number of aromatic nitrogens is 1. The highest BCUT2D eigenvalue weighted by atomic mass is 79.9. The monoisotopic (exact) mass is 483 g/mol. The van der Waals surface area contributed by atoms with Gasteiger partial charge in [0, 0.05) is 10.7 Å². The van der Waals surface area contributed by atoms with Crippen LogP contribution in [0.5, 0.6) is 0 Å². The predicted octanol–water partition coefficient (Wildman–Crippen LogP) is 6.70. The van der Waals surface area contributed by atoms with Crippen molar-refractivity contribution >= 4 is 67.3 Å². The highest BCUT2D eigenvalue weighted by Gasteiger charge is 2.36. The normalized spacial score (nSPS) is 17.1. The number of amidine groups is 1. The molecule has 4 nitrogen and oxygen atoms in total. The van der Waals surface area contributed by atoms with Gasteiger partial charge in [0.15, 0.2) is 10.3 Å². The van der Waals surface area contributed by atoms with E-state index in [1.165, 1.54) is 11.8 Å². The average Bonchev–Trinajstić information content (AvgIpc) is 3.06. The summed E-state index contributed by atoms with van der Waals surface area (Å²) in [6.45, 7) is 1.95. The number of rotatable bonds is 3. The molecule has 0 atom stereocenters. The van der Waals surface area contributed by atoms with Crippen molar-refractivity contribution in [3.8, 4) is 0 Å². The summed E-state index contributed by atoms with van der Waals surface area (Å²) in [5.41, 5.74) is 3.16. The lowest BCUT2D eigenvalue weighted by Crippen LogP contribution is -2.28. The van der Waals surface area contributed by atoms with Crippen LogP contribution in [-0.4, -0.2) is 16.1 Å². The molecule has 0 saturated carbocycles. The fourth-order valence-electron chi connectivity index (χ4n) is 2.88. The Morgan fingerprint density at radius 1 is 1.07 bits per heavy atom. The van der Waals surface area contributed by atoms with Crippen molar-refractivity contribution in [1.29, 1.82) is 0 Å². The lowest BCUT2D eigenvalue weighted by Gasteiger charge is -2.15. The van der Waals surface area contributed by atoms with E-state index in [0.717, 1.165) is 21.3 Å². The van der Waals surface area contributed by atoms with Crippen molar-refractivity contribution in [2.75, 3.05) is 4.90 Å². The van der Waals surface area contributed by atoms with Crippen LogP contribution in [-0.2, 0) is 4.79 Å². The van der Waals surface area contributed by atoms with E-state index in [1.807, 2.05) is 61.5 Å². The van der Waals surface area contributed by atoms with Crippen LogP contribution in [0.1, 0.15) is 12.5 Å². The minimum absolute atomic E-state index is 0.111. The molecule has 0 N–H and O–H groups in total. The van der Waals surface area contributed by atoms with E-state index < -0.39 is 0 Å². The zero-order valence-corrected chi connectivity index (χ0v) is 18.5. The van der Waals surface area contributed by atoms with Crippen LogP contribution in [0.2, 0.25) is 5.15 Å². The molecule has 1 fully saturated rings. The van der Waals surface area contributed by atoms with Crippen molar-refractivity contribution in [2.45, 2.75) is 6.92 Å². The average molecular weight is 485 g/mol. The predicted molar refractivity (Wildman–Crippen MR) is 125 cm³/mol. The molecule has 2 heterocycles. The van der Waals surface area contributed by atoms with Crippen LogP contribution in [0.25, 0.3) is 5.57 Å². The molecule has 1 aromatic heterocycles. The van der Waals surface area contributed by atoms with E-state index in [2.05, 4.69) is 25.9 Å². The standard InChI is InChI=1S/C22H15BrClN3OS/c1-14(15-9-11-16(23)12-10-15)19-21(28)27(17-6-3-2-4-7-17)22(29-19)26-18-8-5-13-25-20(18)24/h2-13H,1H3/b19-14-,26-22?. The summed E-state index contributed by atoms with van der Waals surface area (Å²) >= 11 is 11.0. The molecule has 0 unspecified atom stereocenters. The van der Waals surface area contributed by atoms with Crippen LogP contribution < -0.4 is 4.90 Å². The third-order valence-corrected chi connectivity index (χ3v) is 6.33. The number of carbonyl (C=O) groups excluding carboxylic acids is 1. The maximum atomic E-state index is 13.4. The van der Waals surface area contributed by atoms with Crippen molar-refractivity contribution in [3.63, 3.8) is 0 Å². The molecule has 1 aliphatic rings. The van der Waals surface area contributed by atoms with Crippen LogP contribution in [0.3, 0.4) is 0 Å². The Hall–Kier alpha value is -2.41. The van der Waals surface area contributed by atoms with Crippen molar-refractivity contribution in [3.05, 3.63) is 93.0 Å². The molecule has 0 bridgehead atoms. The first kappa shape index (κ1) is 19.9. The number of carbonyl (C=O) groups is 1. The summed E-state index contributed by atoms with van der Waals surface area (Å²) in [7, 11) is 0. The zero-order chi connectivity index (χ0) is 20.4. The molecule has 7 heteroatoms. The van der Waals surface area contributed by atoms with Crippen molar-refractivity contribution in [2.24, 2.45) is 4.99 Å². The molecular formula is C22H15BrClN3OS. The van der Waals surface area contributed by atoms with Gasteiger partial charge < -0.3 is 0 Å². The molecule has 144 valence electrons. The Balaban J connectivity index is 1.83. The summed E-state index contributed by atoms with van der Waals surface area (Å²) in [6, 6.07) is 20.9. The van der Waals surface area contributed by atoms with Crippen LogP contribution in [0, 0.1) is 0 Å². The van der Waals surface area contributed by atoms with Gasteiger partial charge in [0.1, 0.15) is 5.69 Å². The minimum atomic E-state index is -0.111. The molecule has 29 heavy (non-hydrogen) atoms. The summed E-state index contributed by atoms with van der Waals surface area (Å²) in [4.78, 5) is 24.4. The van der Waals surface area contributed by atoms with Crippen molar-refractivity contribution < 1.29 is 4.79 Å². The number of para-hydroxylation sites is 1.